The van der Waals surface area contributed by atoms with Gasteiger partial charge in [-0.15, -0.1) is 0 Å². The molecule has 0 bridgehead atoms. The first kappa shape index (κ1) is 13.4. The molecule has 0 fully saturated rings. The van der Waals surface area contributed by atoms with Crippen LogP contribution in [-0.4, -0.2) is 19.3 Å². The number of hydrogen-bond acceptors (Lipinski definition) is 2. The smallest absolute Gasteiger partial charge is 0.363 e. The molecule has 0 aliphatic carbocycles. The highest BCUT2D eigenvalue weighted by Gasteiger charge is 2.30. The molecule has 17 heavy (non-hydrogen) atoms. The summed E-state index contributed by atoms with van der Waals surface area (Å²) in [7, 11) is 0. The van der Waals surface area contributed by atoms with Crippen molar-refractivity contribution in [3.8, 4) is 6.07 Å². The molecule has 1 aromatic rings. The summed E-state index contributed by atoms with van der Waals surface area (Å²) in [6.07, 6.45) is -3.62. The monoisotopic (exact) mass is 242 g/mol. The number of halogens is 3. The van der Waals surface area contributed by atoms with Crippen molar-refractivity contribution in [2.75, 3.05) is 18.0 Å². The lowest BCUT2D eigenvalue weighted by molar-refractivity contribution is -0.119. The van der Waals surface area contributed by atoms with E-state index in [1.807, 2.05) is 13.0 Å². The lowest BCUT2D eigenvalue weighted by Crippen LogP contribution is -2.34. The molecule has 0 aliphatic heterocycles. The van der Waals surface area contributed by atoms with E-state index < -0.39 is 12.7 Å². The first-order chi connectivity index (χ1) is 7.96. The van der Waals surface area contributed by atoms with Gasteiger partial charge in [-0.2, -0.15) is 18.4 Å². The molecule has 0 aliphatic rings. The normalized spacial score (nSPS) is 11.0. The van der Waals surface area contributed by atoms with E-state index in [4.69, 9.17) is 5.26 Å². The Morgan fingerprint density at radius 3 is 2.59 bits per heavy atom. The second-order valence-electron chi connectivity index (χ2n) is 3.70. The maximum Gasteiger partial charge on any atom is 0.405 e. The Kier molecular flexibility index (Phi) is 4.38. The molecule has 0 amide bonds. The van der Waals surface area contributed by atoms with Crippen molar-refractivity contribution in [2.24, 2.45) is 0 Å². The van der Waals surface area contributed by atoms with Crippen molar-refractivity contribution in [1.82, 2.24) is 0 Å². The van der Waals surface area contributed by atoms with Crippen molar-refractivity contribution in [1.29, 1.82) is 5.26 Å². The highest BCUT2D eigenvalue weighted by Crippen LogP contribution is 2.23. The minimum absolute atomic E-state index is 0.314. The summed E-state index contributed by atoms with van der Waals surface area (Å²) >= 11 is 0. The fourth-order valence-corrected chi connectivity index (χ4v) is 1.56. The summed E-state index contributed by atoms with van der Waals surface area (Å²) in [4.78, 5) is 1.24. The maximum atomic E-state index is 12.4. The highest BCUT2D eigenvalue weighted by atomic mass is 19.4. The van der Waals surface area contributed by atoms with E-state index in [-0.39, 0.29) is 0 Å². The van der Waals surface area contributed by atoms with E-state index in [2.05, 4.69) is 0 Å². The summed E-state index contributed by atoms with van der Waals surface area (Å²) in [6, 6.07) is 8.14. The number of alkyl halides is 3. The van der Waals surface area contributed by atoms with Gasteiger partial charge in [-0.1, -0.05) is 13.0 Å². The van der Waals surface area contributed by atoms with Crippen LogP contribution < -0.4 is 4.90 Å². The van der Waals surface area contributed by atoms with Gasteiger partial charge < -0.3 is 4.90 Å². The van der Waals surface area contributed by atoms with E-state index in [1.54, 1.807) is 18.2 Å². The topological polar surface area (TPSA) is 27.0 Å². The molecule has 0 saturated carbocycles. The first-order valence-electron chi connectivity index (χ1n) is 5.28. The zero-order valence-corrected chi connectivity index (χ0v) is 9.46. The van der Waals surface area contributed by atoms with Crippen LogP contribution in [-0.2, 0) is 0 Å². The van der Waals surface area contributed by atoms with Gasteiger partial charge in [-0.3, -0.25) is 0 Å². The number of rotatable bonds is 4. The van der Waals surface area contributed by atoms with Crippen molar-refractivity contribution < 1.29 is 13.2 Å². The van der Waals surface area contributed by atoms with E-state index in [9.17, 15) is 13.2 Å². The average Bonchev–Trinajstić information content (AvgIpc) is 2.27. The van der Waals surface area contributed by atoms with Crippen LogP contribution in [0.1, 0.15) is 18.9 Å². The van der Waals surface area contributed by atoms with Crippen LogP contribution in [0.25, 0.3) is 0 Å². The van der Waals surface area contributed by atoms with E-state index in [0.717, 1.165) is 0 Å². The van der Waals surface area contributed by atoms with Gasteiger partial charge in [0.05, 0.1) is 11.6 Å². The standard InChI is InChI=1S/C12H13F3N2/c1-2-6-17(9-12(13,14)15)11-5-3-4-10(7-11)8-16/h3-5,7H,2,6,9H2,1H3. The van der Waals surface area contributed by atoms with Crippen molar-refractivity contribution in [2.45, 2.75) is 19.5 Å². The molecule has 1 rings (SSSR count). The quantitative estimate of drug-likeness (QED) is 0.809. The third-order valence-corrected chi connectivity index (χ3v) is 2.20. The van der Waals surface area contributed by atoms with Crippen molar-refractivity contribution >= 4 is 5.69 Å². The highest BCUT2D eigenvalue weighted by molar-refractivity contribution is 5.51. The third kappa shape index (κ3) is 4.35. The van der Waals surface area contributed by atoms with Crippen LogP contribution >= 0.6 is 0 Å². The lowest BCUT2D eigenvalue weighted by atomic mass is 10.2. The molecular formula is C12H13F3N2. The minimum Gasteiger partial charge on any atom is -0.363 e. The molecule has 0 spiro atoms. The zero-order valence-electron chi connectivity index (χ0n) is 9.46. The second-order valence-corrected chi connectivity index (χ2v) is 3.70. The Morgan fingerprint density at radius 2 is 2.06 bits per heavy atom. The van der Waals surface area contributed by atoms with Crippen LogP contribution in [0.2, 0.25) is 0 Å². The summed E-state index contributed by atoms with van der Waals surface area (Å²) in [6.45, 7) is 1.14. The Hall–Kier alpha value is -1.70. The second kappa shape index (κ2) is 5.58. The summed E-state index contributed by atoms with van der Waals surface area (Å²) < 4.78 is 37.2. The average molecular weight is 242 g/mol. The first-order valence-corrected chi connectivity index (χ1v) is 5.28. The van der Waals surface area contributed by atoms with Gasteiger partial charge in [0, 0.05) is 12.2 Å². The molecule has 1 aromatic carbocycles. The SMILES string of the molecule is CCCN(CC(F)(F)F)c1cccc(C#N)c1. The summed E-state index contributed by atoms with van der Waals surface area (Å²) in [5.41, 5.74) is 0.800. The fourth-order valence-electron chi connectivity index (χ4n) is 1.56. The van der Waals surface area contributed by atoms with Crippen LogP contribution in [0, 0.1) is 11.3 Å². The lowest BCUT2D eigenvalue weighted by Gasteiger charge is -2.25. The molecule has 2 nitrogen and oxygen atoms in total. The van der Waals surface area contributed by atoms with Gasteiger partial charge in [0.2, 0.25) is 0 Å². The van der Waals surface area contributed by atoms with Gasteiger partial charge in [0.1, 0.15) is 6.54 Å². The Balaban J connectivity index is 2.93. The summed E-state index contributed by atoms with van der Waals surface area (Å²) in [5.74, 6) is 0. The number of benzene rings is 1. The van der Waals surface area contributed by atoms with Crippen LogP contribution in [0.4, 0.5) is 18.9 Å². The molecule has 0 atom stereocenters. The molecule has 0 heterocycles. The fraction of sp³-hybridized carbons (Fsp3) is 0.417. The van der Waals surface area contributed by atoms with Gasteiger partial charge >= 0.3 is 6.18 Å². The molecule has 0 aromatic heterocycles. The molecule has 0 unspecified atom stereocenters. The minimum atomic E-state index is -4.24. The van der Waals surface area contributed by atoms with Gasteiger partial charge in [-0.25, -0.2) is 0 Å². The number of nitrogens with zero attached hydrogens (tertiary/aromatic N) is 2. The number of nitriles is 1. The van der Waals surface area contributed by atoms with Crippen LogP contribution in [0.15, 0.2) is 24.3 Å². The van der Waals surface area contributed by atoms with E-state index in [0.29, 0.717) is 24.2 Å². The van der Waals surface area contributed by atoms with Gasteiger partial charge in [0.25, 0.3) is 0 Å². The van der Waals surface area contributed by atoms with Crippen LogP contribution in [0.3, 0.4) is 0 Å². The molecule has 92 valence electrons. The molecular weight excluding hydrogens is 229 g/mol. The Morgan fingerprint density at radius 1 is 1.35 bits per heavy atom. The van der Waals surface area contributed by atoms with E-state index in [1.165, 1.54) is 11.0 Å². The van der Waals surface area contributed by atoms with Gasteiger partial charge in [0.15, 0.2) is 0 Å². The number of hydrogen-bond donors (Lipinski definition) is 0. The number of anilines is 1. The van der Waals surface area contributed by atoms with Crippen molar-refractivity contribution in [3.05, 3.63) is 29.8 Å². The summed E-state index contributed by atoms with van der Waals surface area (Å²) in [5, 5.41) is 8.72. The Labute approximate surface area is 98.3 Å². The van der Waals surface area contributed by atoms with E-state index >= 15 is 0 Å². The molecule has 0 radical (unpaired) electrons. The van der Waals surface area contributed by atoms with Gasteiger partial charge in [-0.05, 0) is 24.6 Å². The third-order valence-electron chi connectivity index (χ3n) is 2.20. The predicted octanol–water partition coefficient (Wildman–Crippen LogP) is 3.34. The predicted molar refractivity (Wildman–Crippen MR) is 59.7 cm³/mol. The molecule has 0 saturated heterocycles. The Bertz CT molecular complexity index is 407. The molecule has 0 N–H and O–H groups in total. The largest absolute Gasteiger partial charge is 0.405 e. The van der Waals surface area contributed by atoms with Crippen molar-refractivity contribution in [3.63, 3.8) is 0 Å². The molecule has 5 heteroatoms. The maximum absolute atomic E-state index is 12.4. The zero-order chi connectivity index (χ0) is 12.9. The van der Waals surface area contributed by atoms with Crippen LogP contribution in [0.5, 0.6) is 0 Å².